The summed E-state index contributed by atoms with van der Waals surface area (Å²) >= 11 is 0. The Morgan fingerprint density at radius 1 is 1.24 bits per heavy atom. The average molecular weight is 279 g/mol. The van der Waals surface area contributed by atoms with Gasteiger partial charge in [-0.2, -0.15) is 0 Å². The van der Waals surface area contributed by atoms with Gasteiger partial charge in [-0.1, -0.05) is 24.3 Å². The number of nitrogen functional groups attached to an aromatic ring is 1. The molecule has 0 spiro atoms. The number of fused-ring (bicyclic) bond motifs is 2. The third-order valence-corrected chi connectivity index (χ3v) is 4.36. The number of hydrogen-bond donors (Lipinski definition) is 2. The van der Waals surface area contributed by atoms with Crippen LogP contribution in [0.15, 0.2) is 42.5 Å². The Morgan fingerprint density at radius 2 is 2.10 bits per heavy atom. The Morgan fingerprint density at radius 3 is 2.90 bits per heavy atom. The highest BCUT2D eigenvalue weighted by Crippen LogP contribution is 2.37. The standard InChI is InChI=1S/C17H17N3O/c18-13-5-6-16-15(8-13)19-17(10-21)20(16)9-12-7-11-3-1-2-4-14(11)12/h1-6,8,12,21H,7,9-10,18H2. The summed E-state index contributed by atoms with van der Waals surface area (Å²) in [4.78, 5) is 4.49. The number of anilines is 1. The van der Waals surface area contributed by atoms with Gasteiger partial charge in [0.1, 0.15) is 12.4 Å². The van der Waals surface area contributed by atoms with Crippen LogP contribution in [0.25, 0.3) is 11.0 Å². The minimum atomic E-state index is -0.0526. The minimum absolute atomic E-state index is 0.0526. The molecule has 4 rings (SSSR count). The van der Waals surface area contributed by atoms with Gasteiger partial charge in [0.05, 0.1) is 11.0 Å². The van der Waals surface area contributed by atoms with Crippen molar-refractivity contribution in [2.24, 2.45) is 0 Å². The van der Waals surface area contributed by atoms with Crippen molar-refractivity contribution in [3.63, 3.8) is 0 Å². The summed E-state index contributed by atoms with van der Waals surface area (Å²) in [6.45, 7) is 0.802. The Balaban J connectivity index is 1.74. The molecule has 0 saturated heterocycles. The highest BCUT2D eigenvalue weighted by Gasteiger charge is 2.27. The predicted molar refractivity (Wildman–Crippen MR) is 83.0 cm³/mol. The summed E-state index contributed by atoms with van der Waals surface area (Å²) in [5, 5.41) is 9.57. The molecule has 1 atom stereocenters. The molecule has 0 bridgehead atoms. The van der Waals surface area contributed by atoms with Crippen LogP contribution in [-0.2, 0) is 19.6 Å². The van der Waals surface area contributed by atoms with Gasteiger partial charge in [0.25, 0.3) is 0 Å². The Labute approximate surface area is 122 Å². The van der Waals surface area contributed by atoms with Gasteiger partial charge >= 0.3 is 0 Å². The number of rotatable bonds is 3. The second kappa shape index (κ2) is 4.60. The van der Waals surface area contributed by atoms with E-state index in [0.29, 0.717) is 17.4 Å². The zero-order valence-corrected chi connectivity index (χ0v) is 11.7. The van der Waals surface area contributed by atoms with E-state index < -0.39 is 0 Å². The van der Waals surface area contributed by atoms with E-state index in [-0.39, 0.29) is 6.61 Å². The number of nitrogens with zero attached hydrogens (tertiary/aromatic N) is 2. The first-order valence-corrected chi connectivity index (χ1v) is 7.19. The zero-order valence-electron chi connectivity index (χ0n) is 11.7. The van der Waals surface area contributed by atoms with Crippen LogP contribution in [0.3, 0.4) is 0 Å². The summed E-state index contributed by atoms with van der Waals surface area (Å²) in [5.41, 5.74) is 11.3. The summed E-state index contributed by atoms with van der Waals surface area (Å²) < 4.78 is 2.12. The molecule has 1 aliphatic rings. The fraction of sp³-hybridized carbons (Fsp3) is 0.235. The average Bonchev–Trinajstić information content (AvgIpc) is 2.81. The lowest BCUT2D eigenvalue weighted by atomic mass is 9.77. The Hall–Kier alpha value is -2.33. The molecular weight excluding hydrogens is 262 g/mol. The number of imidazole rings is 1. The highest BCUT2D eigenvalue weighted by atomic mass is 16.3. The van der Waals surface area contributed by atoms with Crippen LogP contribution in [0, 0.1) is 0 Å². The largest absolute Gasteiger partial charge is 0.399 e. The van der Waals surface area contributed by atoms with Crippen LogP contribution in [0.5, 0.6) is 0 Å². The lowest BCUT2D eigenvalue weighted by Gasteiger charge is -2.31. The highest BCUT2D eigenvalue weighted by molar-refractivity contribution is 5.79. The van der Waals surface area contributed by atoms with E-state index in [2.05, 4.69) is 33.8 Å². The minimum Gasteiger partial charge on any atom is -0.399 e. The van der Waals surface area contributed by atoms with E-state index >= 15 is 0 Å². The molecule has 1 aliphatic carbocycles. The van der Waals surface area contributed by atoms with Gasteiger partial charge in [0.15, 0.2) is 0 Å². The van der Waals surface area contributed by atoms with E-state index in [1.165, 1.54) is 11.1 Å². The number of aliphatic hydroxyl groups is 1. The molecule has 4 nitrogen and oxygen atoms in total. The number of benzene rings is 2. The molecule has 3 aromatic rings. The Kier molecular flexibility index (Phi) is 2.72. The van der Waals surface area contributed by atoms with Crippen molar-refractivity contribution in [1.29, 1.82) is 0 Å². The summed E-state index contributed by atoms with van der Waals surface area (Å²) in [5.74, 6) is 1.21. The molecule has 1 aromatic heterocycles. The second-order valence-corrected chi connectivity index (χ2v) is 5.64. The normalized spacial score (nSPS) is 16.7. The van der Waals surface area contributed by atoms with Crippen LogP contribution in [-0.4, -0.2) is 14.7 Å². The maximum atomic E-state index is 9.57. The van der Waals surface area contributed by atoms with E-state index in [1.54, 1.807) is 0 Å². The van der Waals surface area contributed by atoms with Crippen LogP contribution < -0.4 is 5.73 Å². The van der Waals surface area contributed by atoms with Gasteiger partial charge in [-0.05, 0) is 35.7 Å². The third kappa shape index (κ3) is 1.91. The molecule has 3 N–H and O–H groups in total. The first-order chi connectivity index (χ1) is 10.3. The van der Waals surface area contributed by atoms with Crippen molar-refractivity contribution in [1.82, 2.24) is 9.55 Å². The molecule has 0 amide bonds. The molecular formula is C17H17N3O. The van der Waals surface area contributed by atoms with Crippen LogP contribution in [0.2, 0.25) is 0 Å². The van der Waals surface area contributed by atoms with Crippen LogP contribution in [0.1, 0.15) is 22.9 Å². The number of nitrogens with two attached hydrogens (primary N) is 1. The van der Waals surface area contributed by atoms with Crippen molar-refractivity contribution in [3.05, 3.63) is 59.4 Å². The van der Waals surface area contributed by atoms with Gasteiger partial charge in [-0.25, -0.2) is 4.98 Å². The monoisotopic (exact) mass is 279 g/mol. The lowest BCUT2D eigenvalue weighted by Crippen LogP contribution is -2.22. The first-order valence-electron chi connectivity index (χ1n) is 7.19. The van der Waals surface area contributed by atoms with E-state index in [9.17, 15) is 5.11 Å². The molecule has 0 saturated carbocycles. The topological polar surface area (TPSA) is 64.1 Å². The van der Waals surface area contributed by atoms with E-state index in [1.807, 2.05) is 18.2 Å². The first kappa shape index (κ1) is 12.4. The lowest BCUT2D eigenvalue weighted by molar-refractivity contribution is 0.264. The van der Waals surface area contributed by atoms with Gasteiger partial charge < -0.3 is 15.4 Å². The SMILES string of the molecule is Nc1ccc2c(c1)nc(CO)n2CC1Cc2ccccc21. The molecule has 0 aliphatic heterocycles. The molecule has 106 valence electrons. The van der Waals surface area contributed by atoms with Gasteiger partial charge in [-0.3, -0.25) is 0 Å². The van der Waals surface area contributed by atoms with Crippen molar-refractivity contribution < 1.29 is 5.11 Å². The quantitative estimate of drug-likeness (QED) is 0.724. The van der Waals surface area contributed by atoms with E-state index in [0.717, 1.165) is 24.0 Å². The van der Waals surface area contributed by atoms with Crippen LogP contribution in [0.4, 0.5) is 5.69 Å². The fourth-order valence-electron chi connectivity index (χ4n) is 3.27. The molecule has 21 heavy (non-hydrogen) atoms. The summed E-state index contributed by atoms with van der Waals surface area (Å²) in [7, 11) is 0. The summed E-state index contributed by atoms with van der Waals surface area (Å²) in [6, 6.07) is 14.3. The smallest absolute Gasteiger partial charge is 0.135 e. The fourth-order valence-corrected chi connectivity index (χ4v) is 3.27. The van der Waals surface area contributed by atoms with Gasteiger partial charge in [-0.15, -0.1) is 0 Å². The molecule has 0 fully saturated rings. The molecule has 1 heterocycles. The molecule has 2 aromatic carbocycles. The Bertz CT molecular complexity index is 822. The van der Waals surface area contributed by atoms with Crippen molar-refractivity contribution in [2.75, 3.05) is 5.73 Å². The molecule has 0 radical (unpaired) electrons. The van der Waals surface area contributed by atoms with Crippen molar-refractivity contribution in [2.45, 2.75) is 25.5 Å². The maximum Gasteiger partial charge on any atom is 0.135 e. The molecule has 4 heteroatoms. The maximum absolute atomic E-state index is 9.57. The predicted octanol–water partition coefficient (Wildman–Crippen LogP) is 2.45. The number of aromatic nitrogens is 2. The van der Waals surface area contributed by atoms with E-state index in [4.69, 9.17) is 5.73 Å². The van der Waals surface area contributed by atoms with Crippen LogP contribution >= 0.6 is 0 Å². The molecule has 1 unspecified atom stereocenters. The van der Waals surface area contributed by atoms with Gasteiger partial charge in [0, 0.05) is 18.2 Å². The number of aliphatic hydroxyl groups excluding tert-OH is 1. The third-order valence-electron chi connectivity index (χ3n) is 4.36. The second-order valence-electron chi connectivity index (χ2n) is 5.64. The zero-order chi connectivity index (χ0) is 14.4. The number of hydrogen-bond acceptors (Lipinski definition) is 3. The van der Waals surface area contributed by atoms with Gasteiger partial charge in [0.2, 0.25) is 0 Å². The van der Waals surface area contributed by atoms with Crippen molar-refractivity contribution >= 4 is 16.7 Å². The summed E-state index contributed by atoms with van der Waals surface area (Å²) in [6.07, 6.45) is 1.09. The van der Waals surface area contributed by atoms with Crippen molar-refractivity contribution in [3.8, 4) is 0 Å².